The van der Waals surface area contributed by atoms with Crippen molar-refractivity contribution in [1.82, 2.24) is 0 Å². The molecule has 0 rings (SSSR count). The minimum Gasteiger partial charge on any atom is -0.389 e. The van der Waals surface area contributed by atoms with Crippen LogP contribution in [-0.4, -0.2) is 24.4 Å². The molecule has 0 aromatic rings. The molecule has 0 radical (unpaired) electrons. The molecule has 2 atom stereocenters. The maximum atomic E-state index is 9.58. The quantitative estimate of drug-likeness (QED) is 0.647. The lowest BCUT2D eigenvalue weighted by Crippen LogP contribution is -2.32. The molecule has 2 heteroatoms. The maximum Gasteiger partial charge on any atom is 0.0913 e. The molecule has 0 fully saturated rings. The van der Waals surface area contributed by atoms with Crippen LogP contribution in [0.4, 0.5) is 0 Å². The average Bonchev–Trinajstić information content (AvgIpc) is 2.01. The Kier molecular flexibility index (Phi) is 5.79. The summed E-state index contributed by atoms with van der Waals surface area (Å²) in [5, 5.41) is 9.58. The van der Waals surface area contributed by atoms with Gasteiger partial charge in [0.05, 0.1) is 12.2 Å². The first-order chi connectivity index (χ1) is 5.63. The number of methoxy groups -OCH3 is 1. The molecule has 2 nitrogen and oxygen atoms in total. The van der Waals surface area contributed by atoms with Gasteiger partial charge in [-0.15, -0.1) is 11.8 Å². The Morgan fingerprint density at radius 3 is 2.33 bits per heavy atom. The van der Waals surface area contributed by atoms with Gasteiger partial charge in [-0.25, -0.2) is 0 Å². The summed E-state index contributed by atoms with van der Waals surface area (Å²) < 4.78 is 5.15. The van der Waals surface area contributed by atoms with E-state index in [0.717, 1.165) is 0 Å². The minimum atomic E-state index is -0.470. The van der Waals surface area contributed by atoms with E-state index in [1.807, 2.05) is 13.8 Å². The van der Waals surface area contributed by atoms with Crippen molar-refractivity contribution in [2.24, 2.45) is 5.92 Å². The van der Waals surface area contributed by atoms with Gasteiger partial charge in [-0.1, -0.05) is 13.8 Å². The zero-order valence-corrected chi connectivity index (χ0v) is 8.29. The molecule has 0 aliphatic carbocycles. The summed E-state index contributed by atoms with van der Waals surface area (Å²) in [5.41, 5.74) is 0. The van der Waals surface area contributed by atoms with Gasteiger partial charge in [-0.2, -0.15) is 0 Å². The lowest BCUT2D eigenvalue weighted by Gasteiger charge is -2.23. The van der Waals surface area contributed by atoms with Crippen LogP contribution in [0.3, 0.4) is 0 Å². The van der Waals surface area contributed by atoms with E-state index in [9.17, 15) is 5.11 Å². The molecule has 70 valence electrons. The summed E-state index contributed by atoms with van der Waals surface area (Å²) >= 11 is 0. The van der Waals surface area contributed by atoms with Crippen LogP contribution in [0, 0.1) is 17.8 Å². The number of ether oxygens (including phenoxy) is 1. The molecule has 0 saturated heterocycles. The van der Waals surface area contributed by atoms with E-state index in [1.54, 1.807) is 14.0 Å². The van der Waals surface area contributed by atoms with Gasteiger partial charge in [-0.3, -0.25) is 0 Å². The lowest BCUT2D eigenvalue weighted by molar-refractivity contribution is -0.0347. The minimum absolute atomic E-state index is 0.106. The van der Waals surface area contributed by atoms with Crippen molar-refractivity contribution >= 4 is 0 Å². The Hall–Kier alpha value is -0.520. The molecule has 0 aliphatic rings. The van der Waals surface area contributed by atoms with Gasteiger partial charge in [0.25, 0.3) is 0 Å². The van der Waals surface area contributed by atoms with Gasteiger partial charge in [0.15, 0.2) is 0 Å². The van der Waals surface area contributed by atoms with E-state index < -0.39 is 6.10 Å². The largest absolute Gasteiger partial charge is 0.389 e. The van der Waals surface area contributed by atoms with Crippen molar-refractivity contribution in [1.29, 1.82) is 0 Å². The van der Waals surface area contributed by atoms with Gasteiger partial charge in [-0.05, 0) is 12.8 Å². The molecule has 0 saturated carbocycles. The molecule has 0 heterocycles. The molecular weight excluding hydrogens is 152 g/mol. The summed E-state index contributed by atoms with van der Waals surface area (Å²) in [6, 6.07) is 0. The number of aliphatic hydroxyl groups excluding tert-OH is 1. The molecule has 0 spiro atoms. The van der Waals surface area contributed by atoms with Gasteiger partial charge in [0.1, 0.15) is 0 Å². The van der Waals surface area contributed by atoms with E-state index in [1.165, 1.54) is 0 Å². The third-order valence-electron chi connectivity index (χ3n) is 1.80. The third kappa shape index (κ3) is 3.75. The Morgan fingerprint density at radius 1 is 1.42 bits per heavy atom. The molecule has 0 amide bonds. The van der Waals surface area contributed by atoms with Crippen molar-refractivity contribution in [3.63, 3.8) is 0 Å². The Morgan fingerprint density at radius 2 is 2.00 bits per heavy atom. The van der Waals surface area contributed by atoms with Gasteiger partial charge < -0.3 is 9.84 Å². The standard InChI is InChI=1S/C10H18O2/c1-5-6-7-9(11)10(12-4)8(2)3/h8-11H,7H2,1-4H3. The van der Waals surface area contributed by atoms with Crippen LogP contribution < -0.4 is 0 Å². The van der Waals surface area contributed by atoms with Crippen molar-refractivity contribution in [3.8, 4) is 11.8 Å². The summed E-state index contributed by atoms with van der Waals surface area (Å²) in [6.45, 7) is 5.82. The highest BCUT2D eigenvalue weighted by molar-refractivity contribution is 4.98. The van der Waals surface area contributed by atoms with Crippen molar-refractivity contribution < 1.29 is 9.84 Å². The lowest BCUT2D eigenvalue weighted by atomic mass is 10.00. The van der Waals surface area contributed by atoms with Crippen LogP contribution in [0.25, 0.3) is 0 Å². The highest BCUT2D eigenvalue weighted by Crippen LogP contribution is 2.12. The fourth-order valence-electron chi connectivity index (χ4n) is 1.20. The Labute approximate surface area is 74.9 Å². The second-order valence-corrected chi connectivity index (χ2v) is 3.14. The van der Waals surface area contributed by atoms with Crippen LogP contribution in [-0.2, 0) is 4.74 Å². The first-order valence-corrected chi connectivity index (χ1v) is 4.24. The number of hydrogen-bond donors (Lipinski definition) is 1. The van der Waals surface area contributed by atoms with Gasteiger partial charge >= 0.3 is 0 Å². The molecule has 12 heavy (non-hydrogen) atoms. The molecule has 0 aromatic heterocycles. The maximum absolute atomic E-state index is 9.58. The van der Waals surface area contributed by atoms with Crippen LogP contribution >= 0.6 is 0 Å². The topological polar surface area (TPSA) is 29.5 Å². The number of aliphatic hydroxyl groups is 1. The second kappa shape index (κ2) is 6.05. The van der Waals surface area contributed by atoms with Gasteiger partial charge in [0, 0.05) is 13.5 Å². The first kappa shape index (κ1) is 11.5. The zero-order chi connectivity index (χ0) is 9.56. The summed E-state index contributed by atoms with van der Waals surface area (Å²) in [7, 11) is 1.62. The number of hydrogen-bond acceptors (Lipinski definition) is 2. The zero-order valence-electron chi connectivity index (χ0n) is 8.29. The molecule has 2 unspecified atom stereocenters. The van der Waals surface area contributed by atoms with Crippen molar-refractivity contribution in [2.45, 2.75) is 39.4 Å². The predicted octanol–water partition coefficient (Wildman–Crippen LogP) is 1.43. The van der Waals surface area contributed by atoms with Crippen LogP contribution in [0.1, 0.15) is 27.2 Å². The Bertz CT molecular complexity index is 164. The average molecular weight is 170 g/mol. The van der Waals surface area contributed by atoms with Crippen molar-refractivity contribution in [3.05, 3.63) is 0 Å². The van der Waals surface area contributed by atoms with E-state index in [2.05, 4.69) is 11.8 Å². The summed E-state index contributed by atoms with van der Waals surface area (Å²) in [5.74, 6) is 5.91. The molecule has 1 N–H and O–H groups in total. The highest BCUT2D eigenvalue weighted by Gasteiger charge is 2.20. The smallest absolute Gasteiger partial charge is 0.0913 e. The number of rotatable bonds is 4. The predicted molar refractivity (Wildman–Crippen MR) is 49.7 cm³/mol. The highest BCUT2D eigenvalue weighted by atomic mass is 16.5. The van der Waals surface area contributed by atoms with Crippen molar-refractivity contribution in [2.75, 3.05) is 7.11 Å². The molecule has 0 aliphatic heterocycles. The third-order valence-corrected chi connectivity index (χ3v) is 1.80. The van der Waals surface area contributed by atoms with E-state index in [0.29, 0.717) is 12.3 Å². The SMILES string of the molecule is CC#CCC(O)C(OC)C(C)C. The van der Waals surface area contributed by atoms with Crippen LogP contribution in [0.2, 0.25) is 0 Å². The Balaban J connectivity index is 3.99. The second-order valence-electron chi connectivity index (χ2n) is 3.14. The normalized spacial score (nSPS) is 15.2. The molecule has 0 bridgehead atoms. The van der Waals surface area contributed by atoms with Crippen LogP contribution in [0.5, 0.6) is 0 Å². The monoisotopic (exact) mass is 170 g/mol. The molecule has 0 aromatic carbocycles. The summed E-state index contributed by atoms with van der Waals surface area (Å²) in [4.78, 5) is 0. The van der Waals surface area contributed by atoms with Gasteiger partial charge in [0.2, 0.25) is 0 Å². The molecular formula is C10H18O2. The van der Waals surface area contributed by atoms with E-state index in [4.69, 9.17) is 4.74 Å². The summed E-state index contributed by atoms with van der Waals surface area (Å²) in [6.07, 6.45) is -0.0824. The van der Waals surface area contributed by atoms with E-state index in [-0.39, 0.29) is 6.10 Å². The fraction of sp³-hybridized carbons (Fsp3) is 0.800. The first-order valence-electron chi connectivity index (χ1n) is 4.24. The fourth-order valence-corrected chi connectivity index (χ4v) is 1.20. The van der Waals surface area contributed by atoms with Crippen LogP contribution in [0.15, 0.2) is 0 Å². The van der Waals surface area contributed by atoms with E-state index >= 15 is 0 Å².